The van der Waals surface area contributed by atoms with Crippen LogP contribution in [0, 0.1) is 5.41 Å². The second kappa shape index (κ2) is 4.50. The summed E-state index contributed by atoms with van der Waals surface area (Å²) < 4.78 is 0. The standard InChI is InChI=1S/C16H20O/c1-16(2,3)15(17)11-12-8-9-13-6-4-5-7-14(13)10-12/h4-10,15,17H,11H2,1-3H3. The third-order valence-corrected chi connectivity index (χ3v) is 3.24. The van der Waals surface area contributed by atoms with Crippen LogP contribution in [0.25, 0.3) is 10.8 Å². The van der Waals surface area contributed by atoms with Gasteiger partial charge in [0.1, 0.15) is 0 Å². The van der Waals surface area contributed by atoms with E-state index >= 15 is 0 Å². The molecule has 0 saturated heterocycles. The Hall–Kier alpha value is -1.34. The second-order valence-electron chi connectivity index (χ2n) is 5.77. The van der Waals surface area contributed by atoms with E-state index in [-0.39, 0.29) is 11.5 Å². The first-order chi connectivity index (χ1) is 7.97. The Morgan fingerprint density at radius 2 is 1.65 bits per heavy atom. The van der Waals surface area contributed by atoms with Crippen LogP contribution in [0.4, 0.5) is 0 Å². The molecule has 17 heavy (non-hydrogen) atoms. The van der Waals surface area contributed by atoms with E-state index in [0.717, 1.165) is 0 Å². The van der Waals surface area contributed by atoms with E-state index in [4.69, 9.17) is 0 Å². The number of aliphatic hydroxyl groups excluding tert-OH is 1. The van der Waals surface area contributed by atoms with Gasteiger partial charge in [0.05, 0.1) is 6.10 Å². The van der Waals surface area contributed by atoms with E-state index in [1.807, 2.05) is 12.1 Å². The fourth-order valence-electron chi connectivity index (χ4n) is 1.90. The van der Waals surface area contributed by atoms with Gasteiger partial charge in [-0.05, 0) is 28.2 Å². The van der Waals surface area contributed by atoms with Gasteiger partial charge in [0.25, 0.3) is 0 Å². The largest absolute Gasteiger partial charge is 0.392 e. The molecule has 90 valence electrons. The van der Waals surface area contributed by atoms with Crippen LogP contribution in [-0.4, -0.2) is 11.2 Å². The van der Waals surface area contributed by atoms with Gasteiger partial charge in [-0.3, -0.25) is 0 Å². The van der Waals surface area contributed by atoms with Gasteiger partial charge in [0.2, 0.25) is 0 Å². The summed E-state index contributed by atoms with van der Waals surface area (Å²) in [6, 6.07) is 14.7. The van der Waals surface area contributed by atoms with Crippen molar-refractivity contribution in [3.63, 3.8) is 0 Å². The molecule has 0 aliphatic rings. The molecule has 2 rings (SSSR count). The lowest BCUT2D eigenvalue weighted by atomic mass is 9.85. The van der Waals surface area contributed by atoms with Gasteiger partial charge in [0, 0.05) is 0 Å². The van der Waals surface area contributed by atoms with Crippen molar-refractivity contribution in [3.8, 4) is 0 Å². The number of fused-ring (bicyclic) bond motifs is 1. The first kappa shape index (κ1) is 12.1. The molecule has 0 heterocycles. The summed E-state index contributed by atoms with van der Waals surface area (Å²) >= 11 is 0. The van der Waals surface area contributed by atoms with Gasteiger partial charge < -0.3 is 5.11 Å². The summed E-state index contributed by atoms with van der Waals surface area (Å²) in [6.07, 6.45) is 0.414. The van der Waals surface area contributed by atoms with Crippen LogP contribution in [0.5, 0.6) is 0 Å². The van der Waals surface area contributed by atoms with Crippen LogP contribution in [0.3, 0.4) is 0 Å². The van der Waals surface area contributed by atoms with Crippen LogP contribution < -0.4 is 0 Å². The highest BCUT2D eigenvalue weighted by molar-refractivity contribution is 5.82. The van der Waals surface area contributed by atoms with Crippen LogP contribution >= 0.6 is 0 Å². The van der Waals surface area contributed by atoms with Gasteiger partial charge in [-0.25, -0.2) is 0 Å². The van der Waals surface area contributed by atoms with Crippen molar-refractivity contribution in [2.45, 2.75) is 33.3 Å². The Labute approximate surface area is 103 Å². The lowest BCUT2D eigenvalue weighted by molar-refractivity contribution is 0.0636. The molecule has 0 spiro atoms. The molecule has 0 aliphatic heterocycles. The zero-order chi connectivity index (χ0) is 12.5. The zero-order valence-electron chi connectivity index (χ0n) is 10.8. The van der Waals surface area contributed by atoms with Crippen molar-refractivity contribution < 1.29 is 5.11 Å². The molecule has 0 bridgehead atoms. The third-order valence-electron chi connectivity index (χ3n) is 3.24. The second-order valence-corrected chi connectivity index (χ2v) is 5.77. The van der Waals surface area contributed by atoms with E-state index in [1.54, 1.807) is 0 Å². The normalized spacial score (nSPS) is 13.9. The SMILES string of the molecule is CC(C)(C)C(O)Cc1ccc2ccccc2c1. The molecule has 0 aliphatic carbocycles. The molecule has 1 nitrogen and oxygen atoms in total. The van der Waals surface area contributed by atoms with Crippen molar-refractivity contribution in [1.29, 1.82) is 0 Å². The first-order valence-electron chi connectivity index (χ1n) is 6.12. The summed E-state index contributed by atoms with van der Waals surface area (Å²) in [6.45, 7) is 6.20. The lowest BCUT2D eigenvalue weighted by Crippen LogP contribution is -2.28. The van der Waals surface area contributed by atoms with Gasteiger partial charge in [-0.2, -0.15) is 0 Å². The molecule has 1 atom stereocenters. The molecule has 0 amide bonds. The number of benzene rings is 2. The van der Waals surface area contributed by atoms with E-state index in [0.29, 0.717) is 6.42 Å². The van der Waals surface area contributed by atoms with Crippen LogP contribution in [0.2, 0.25) is 0 Å². The van der Waals surface area contributed by atoms with Crippen molar-refractivity contribution in [2.75, 3.05) is 0 Å². The topological polar surface area (TPSA) is 20.2 Å². The minimum absolute atomic E-state index is 0.0638. The molecule has 1 heteroatoms. The molecule has 2 aromatic rings. The third kappa shape index (κ3) is 2.86. The minimum Gasteiger partial charge on any atom is -0.392 e. The summed E-state index contributed by atoms with van der Waals surface area (Å²) in [7, 11) is 0. The summed E-state index contributed by atoms with van der Waals surface area (Å²) in [5.74, 6) is 0. The molecule has 0 saturated carbocycles. The maximum absolute atomic E-state index is 10.1. The maximum atomic E-state index is 10.1. The minimum atomic E-state index is -0.302. The smallest absolute Gasteiger partial charge is 0.0628 e. The van der Waals surface area contributed by atoms with E-state index < -0.39 is 0 Å². The molecule has 2 aromatic carbocycles. The first-order valence-corrected chi connectivity index (χ1v) is 6.12. The quantitative estimate of drug-likeness (QED) is 0.829. The molecule has 1 unspecified atom stereocenters. The molecular weight excluding hydrogens is 208 g/mol. The van der Waals surface area contributed by atoms with Crippen LogP contribution in [-0.2, 0) is 6.42 Å². The highest BCUT2D eigenvalue weighted by Crippen LogP contribution is 2.24. The lowest BCUT2D eigenvalue weighted by Gasteiger charge is -2.25. The summed E-state index contributed by atoms with van der Waals surface area (Å²) in [5, 5.41) is 12.6. The number of rotatable bonds is 2. The van der Waals surface area contributed by atoms with E-state index in [1.165, 1.54) is 16.3 Å². The van der Waals surface area contributed by atoms with Crippen molar-refractivity contribution in [1.82, 2.24) is 0 Å². The van der Waals surface area contributed by atoms with Crippen LogP contribution in [0.1, 0.15) is 26.3 Å². The van der Waals surface area contributed by atoms with Crippen molar-refractivity contribution >= 4 is 10.8 Å². The Morgan fingerprint density at radius 3 is 2.29 bits per heavy atom. The molecular formula is C16H20O. The van der Waals surface area contributed by atoms with Crippen molar-refractivity contribution in [3.05, 3.63) is 48.0 Å². The highest BCUT2D eigenvalue weighted by Gasteiger charge is 2.22. The van der Waals surface area contributed by atoms with Gasteiger partial charge in [-0.1, -0.05) is 63.2 Å². The fourth-order valence-corrected chi connectivity index (χ4v) is 1.90. The summed E-state index contributed by atoms with van der Waals surface area (Å²) in [4.78, 5) is 0. The molecule has 0 aromatic heterocycles. The monoisotopic (exact) mass is 228 g/mol. The Kier molecular flexibility index (Phi) is 3.21. The van der Waals surface area contributed by atoms with Gasteiger partial charge in [-0.15, -0.1) is 0 Å². The predicted octanol–water partition coefficient (Wildman–Crippen LogP) is 3.79. The Morgan fingerprint density at radius 1 is 1.00 bits per heavy atom. The summed E-state index contributed by atoms with van der Waals surface area (Å²) in [5.41, 5.74) is 1.14. The molecule has 0 fully saturated rings. The average molecular weight is 228 g/mol. The Balaban J connectivity index is 2.25. The molecule has 1 N–H and O–H groups in total. The number of hydrogen-bond acceptors (Lipinski definition) is 1. The predicted molar refractivity (Wildman–Crippen MR) is 73.1 cm³/mol. The number of hydrogen-bond donors (Lipinski definition) is 1. The zero-order valence-corrected chi connectivity index (χ0v) is 10.8. The average Bonchev–Trinajstić information content (AvgIpc) is 2.27. The Bertz CT molecular complexity index is 508. The highest BCUT2D eigenvalue weighted by atomic mass is 16.3. The number of aliphatic hydroxyl groups is 1. The van der Waals surface area contributed by atoms with E-state index in [2.05, 4.69) is 51.1 Å². The van der Waals surface area contributed by atoms with Gasteiger partial charge in [0.15, 0.2) is 0 Å². The molecule has 0 radical (unpaired) electrons. The van der Waals surface area contributed by atoms with E-state index in [9.17, 15) is 5.11 Å². The van der Waals surface area contributed by atoms with Crippen LogP contribution in [0.15, 0.2) is 42.5 Å². The maximum Gasteiger partial charge on any atom is 0.0628 e. The fraction of sp³-hybridized carbons (Fsp3) is 0.375. The van der Waals surface area contributed by atoms with Gasteiger partial charge >= 0.3 is 0 Å². The van der Waals surface area contributed by atoms with Crippen molar-refractivity contribution in [2.24, 2.45) is 5.41 Å².